The second-order valence-electron chi connectivity index (χ2n) is 5.28. The fourth-order valence-corrected chi connectivity index (χ4v) is 2.47. The van der Waals surface area contributed by atoms with Gasteiger partial charge in [-0.05, 0) is 52.7 Å². The maximum absolute atomic E-state index is 11.5. The van der Waals surface area contributed by atoms with E-state index in [1.165, 1.54) is 12.8 Å². The van der Waals surface area contributed by atoms with Gasteiger partial charge in [-0.1, -0.05) is 20.8 Å². The first-order valence-electron chi connectivity index (χ1n) is 7.16. The summed E-state index contributed by atoms with van der Waals surface area (Å²) in [5, 5.41) is 3.20. The molecule has 0 fully saturated rings. The minimum absolute atomic E-state index is 0.255. The van der Waals surface area contributed by atoms with Gasteiger partial charge < -0.3 is 16.0 Å². The second kappa shape index (κ2) is 8.48. The van der Waals surface area contributed by atoms with Gasteiger partial charge in [0.05, 0.1) is 5.54 Å². The third-order valence-corrected chi connectivity index (χ3v) is 3.86. The average Bonchev–Trinajstić information content (AvgIpc) is 2.30. The molecule has 4 nitrogen and oxygen atoms in total. The van der Waals surface area contributed by atoms with Crippen molar-refractivity contribution < 1.29 is 4.79 Å². The van der Waals surface area contributed by atoms with Crippen molar-refractivity contribution in [3.63, 3.8) is 0 Å². The predicted molar refractivity (Wildman–Crippen MR) is 77.5 cm³/mol. The average molecular weight is 257 g/mol. The van der Waals surface area contributed by atoms with Gasteiger partial charge in [0.2, 0.25) is 5.91 Å². The molecule has 0 saturated heterocycles. The summed E-state index contributed by atoms with van der Waals surface area (Å²) < 4.78 is 0. The van der Waals surface area contributed by atoms with Crippen LogP contribution in [-0.2, 0) is 4.79 Å². The summed E-state index contributed by atoms with van der Waals surface area (Å²) in [5.41, 5.74) is 4.91. The lowest BCUT2D eigenvalue weighted by molar-refractivity contribution is -0.124. The fourth-order valence-electron chi connectivity index (χ4n) is 2.47. The van der Waals surface area contributed by atoms with Crippen LogP contribution in [0, 0.1) is 0 Å². The molecule has 18 heavy (non-hydrogen) atoms. The van der Waals surface area contributed by atoms with Gasteiger partial charge in [-0.25, -0.2) is 0 Å². The largest absolute Gasteiger partial charge is 0.368 e. The van der Waals surface area contributed by atoms with E-state index in [4.69, 9.17) is 5.73 Å². The highest BCUT2D eigenvalue weighted by Crippen LogP contribution is 2.14. The number of likely N-dealkylation sites (N-methyl/N-ethyl adjacent to an activating group) is 1. The lowest BCUT2D eigenvalue weighted by atomic mass is 9.94. The van der Waals surface area contributed by atoms with Crippen molar-refractivity contribution in [2.75, 3.05) is 20.1 Å². The normalized spacial score (nSPS) is 15.1. The molecule has 0 aromatic carbocycles. The zero-order chi connectivity index (χ0) is 14.2. The van der Waals surface area contributed by atoms with Crippen LogP contribution < -0.4 is 11.1 Å². The lowest BCUT2D eigenvalue weighted by Crippen LogP contribution is -2.53. The first-order valence-corrected chi connectivity index (χ1v) is 7.16. The van der Waals surface area contributed by atoms with Crippen molar-refractivity contribution in [2.45, 2.75) is 65.0 Å². The van der Waals surface area contributed by atoms with E-state index in [1.807, 2.05) is 13.8 Å². The van der Waals surface area contributed by atoms with E-state index in [2.05, 4.69) is 31.1 Å². The number of carbonyl (C=O) groups is 1. The first-order chi connectivity index (χ1) is 8.41. The number of primary amides is 1. The van der Waals surface area contributed by atoms with Crippen molar-refractivity contribution in [3.05, 3.63) is 0 Å². The van der Waals surface area contributed by atoms with Crippen molar-refractivity contribution in [1.82, 2.24) is 10.2 Å². The first kappa shape index (κ1) is 17.4. The summed E-state index contributed by atoms with van der Waals surface area (Å²) >= 11 is 0. The Bertz CT molecular complexity index is 241. The molecule has 1 unspecified atom stereocenters. The third-order valence-electron chi connectivity index (χ3n) is 3.86. The van der Waals surface area contributed by atoms with E-state index >= 15 is 0 Å². The zero-order valence-electron chi connectivity index (χ0n) is 12.8. The minimum atomic E-state index is -0.566. The highest BCUT2D eigenvalue weighted by Gasteiger charge is 2.29. The van der Waals surface area contributed by atoms with E-state index in [0.717, 1.165) is 25.9 Å². The van der Waals surface area contributed by atoms with Crippen LogP contribution in [0.25, 0.3) is 0 Å². The summed E-state index contributed by atoms with van der Waals surface area (Å²) in [6, 6.07) is 0.643. The Morgan fingerprint density at radius 2 is 1.89 bits per heavy atom. The molecule has 0 bridgehead atoms. The summed E-state index contributed by atoms with van der Waals surface area (Å²) in [5.74, 6) is -0.255. The van der Waals surface area contributed by atoms with Crippen molar-refractivity contribution >= 4 is 5.91 Å². The molecule has 0 aliphatic rings. The quantitative estimate of drug-likeness (QED) is 0.627. The highest BCUT2D eigenvalue weighted by atomic mass is 16.1. The summed E-state index contributed by atoms with van der Waals surface area (Å²) in [4.78, 5) is 13.9. The molecule has 3 N–H and O–H groups in total. The van der Waals surface area contributed by atoms with E-state index in [9.17, 15) is 4.79 Å². The Kier molecular flexibility index (Phi) is 8.20. The molecule has 4 heteroatoms. The molecule has 0 spiro atoms. The van der Waals surface area contributed by atoms with Gasteiger partial charge in [0.15, 0.2) is 0 Å². The smallest absolute Gasteiger partial charge is 0.237 e. The van der Waals surface area contributed by atoms with Crippen LogP contribution in [0.15, 0.2) is 0 Å². The second-order valence-corrected chi connectivity index (χ2v) is 5.28. The van der Waals surface area contributed by atoms with Crippen LogP contribution in [0.3, 0.4) is 0 Å². The third kappa shape index (κ3) is 5.36. The van der Waals surface area contributed by atoms with Gasteiger partial charge in [0.1, 0.15) is 0 Å². The molecular formula is C14H31N3O. The lowest BCUT2D eigenvalue weighted by Gasteiger charge is -2.30. The molecule has 0 aromatic rings. The molecule has 0 heterocycles. The van der Waals surface area contributed by atoms with E-state index in [1.54, 1.807) is 0 Å². The summed E-state index contributed by atoms with van der Waals surface area (Å²) in [6.07, 6.45) is 4.13. The van der Waals surface area contributed by atoms with Crippen molar-refractivity contribution in [2.24, 2.45) is 5.73 Å². The van der Waals surface area contributed by atoms with Gasteiger partial charge in [0.25, 0.3) is 0 Å². The van der Waals surface area contributed by atoms with Crippen LogP contribution in [0.1, 0.15) is 53.4 Å². The molecule has 0 radical (unpaired) electrons. The maximum atomic E-state index is 11.5. The predicted octanol–water partition coefficient (Wildman–Crippen LogP) is 1.74. The van der Waals surface area contributed by atoms with E-state index < -0.39 is 5.54 Å². The van der Waals surface area contributed by atoms with E-state index in [-0.39, 0.29) is 5.91 Å². The van der Waals surface area contributed by atoms with E-state index in [0.29, 0.717) is 6.04 Å². The highest BCUT2D eigenvalue weighted by molar-refractivity contribution is 5.84. The zero-order valence-corrected chi connectivity index (χ0v) is 12.8. The van der Waals surface area contributed by atoms with Crippen LogP contribution in [0.5, 0.6) is 0 Å². The van der Waals surface area contributed by atoms with Crippen LogP contribution >= 0.6 is 0 Å². The maximum Gasteiger partial charge on any atom is 0.237 e. The molecular weight excluding hydrogens is 226 g/mol. The van der Waals surface area contributed by atoms with Gasteiger partial charge >= 0.3 is 0 Å². The number of nitrogens with two attached hydrogens (primary N) is 1. The summed E-state index contributed by atoms with van der Waals surface area (Å²) in [7, 11) is 2.16. The molecule has 0 aliphatic carbocycles. The number of amides is 1. The Morgan fingerprint density at radius 1 is 1.33 bits per heavy atom. The molecule has 0 aliphatic heterocycles. The summed E-state index contributed by atoms with van der Waals surface area (Å²) in [6.45, 7) is 10.1. The fraction of sp³-hybridized carbons (Fsp3) is 0.929. The SMILES string of the molecule is CCNC(C)(CCCN(C)C(CC)CC)C(N)=O. The minimum Gasteiger partial charge on any atom is -0.368 e. The molecule has 1 atom stereocenters. The Hall–Kier alpha value is -0.610. The van der Waals surface area contributed by atoms with Gasteiger partial charge in [-0.3, -0.25) is 4.79 Å². The van der Waals surface area contributed by atoms with Crippen molar-refractivity contribution in [3.8, 4) is 0 Å². The molecule has 0 aromatic heterocycles. The van der Waals surface area contributed by atoms with Gasteiger partial charge in [-0.15, -0.1) is 0 Å². The topological polar surface area (TPSA) is 58.4 Å². The molecule has 1 amide bonds. The monoisotopic (exact) mass is 257 g/mol. The molecule has 0 rings (SSSR count). The van der Waals surface area contributed by atoms with Crippen molar-refractivity contribution in [1.29, 1.82) is 0 Å². The number of rotatable bonds is 10. The van der Waals surface area contributed by atoms with Gasteiger partial charge in [-0.2, -0.15) is 0 Å². The molecule has 108 valence electrons. The standard InChI is InChI=1S/C14H31N3O/c1-6-12(7-2)17(5)11-9-10-14(4,13(15)18)16-8-3/h12,16H,6-11H2,1-5H3,(H2,15,18). The Morgan fingerprint density at radius 3 is 2.28 bits per heavy atom. The number of nitrogens with one attached hydrogen (secondary N) is 1. The Balaban J connectivity index is 4.18. The Labute approximate surface area is 112 Å². The van der Waals surface area contributed by atoms with Crippen LogP contribution in [0.2, 0.25) is 0 Å². The van der Waals surface area contributed by atoms with Crippen LogP contribution in [-0.4, -0.2) is 42.5 Å². The van der Waals surface area contributed by atoms with Crippen LogP contribution in [0.4, 0.5) is 0 Å². The number of nitrogens with zero attached hydrogens (tertiary/aromatic N) is 1. The van der Waals surface area contributed by atoms with Gasteiger partial charge in [0, 0.05) is 6.04 Å². The number of carbonyl (C=O) groups excluding carboxylic acids is 1. The number of hydrogen-bond donors (Lipinski definition) is 2. The molecule has 0 saturated carbocycles. The number of hydrogen-bond acceptors (Lipinski definition) is 3.